The molecule has 2 aromatic heterocycles. The van der Waals surface area contributed by atoms with Crippen molar-refractivity contribution in [2.75, 3.05) is 0 Å². The lowest BCUT2D eigenvalue weighted by Gasteiger charge is -2.17. The molecule has 2 heterocycles. The van der Waals surface area contributed by atoms with E-state index in [9.17, 15) is 4.79 Å². The first-order chi connectivity index (χ1) is 11.7. The van der Waals surface area contributed by atoms with Gasteiger partial charge in [0.1, 0.15) is 11.0 Å². The molecular weight excluding hydrogens is 342 g/mol. The van der Waals surface area contributed by atoms with Crippen LogP contribution in [0, 0.1) is 0 Å². The number of amides is 1. The van der Waals surface area contributed by atoms with E-state index in [1.54, 1.807) is 17.5 Å². The molecule has 124 valence electrons. The van der Waals surface area contributed by atoms with Crippen molar-refractivity contribution in [1.82, 2.24) is 15.3 Å². The SMILES string of the molecule is O=C(CCc1ccsc1)N[C@@H](Cc1ccccc1)c1ncc(Cl)[nH]1. The number of aryl methyl sites for hydroxylation is 1. The highest BCUT2D eigenvalue weighted by Gasteiger charge is 2.18. The number of nitrogens with one attached hydrogen (secondary N) is 2. The summed E-state index contributed by atoms with van der Waals surface area (Å²) in [5.74, 6) is 0.683. The Balaban J connectivity index is 1.66. The number of halogens is 1. The smallest absolute Gasteiger partial charge is 0.220 e. The minimum atomic E-state index is -0.227. The van der Waals surface area contributed by atoms with Gasteiger partial charge < -0.3 is 10.3 Å². The van der Waals surface area contributed by atoms with Gasteiger partial charge in [0.05, 0.1) is 12.2 Å². The first-order valence-corrected chi connectivity index (χ1v) is 9.07. The fourth-order valence-corrected chi connectivity index (χ4v) is 3.36. The van der Waals surface area contributed by atoms with E-state index in [4.69, 9.17) is 11.6 Å². The molecule has 0 saturated carbocycles. The molecule has 0 unspecified atom stereocenters. The van der Waals surface area contributed by atoms with E-state index in [1.165, 1.54) is 5.56 Å². The monoisotopic (exact) mass is 359 g/mol. The van der Waals surface area contributed by atoms with E-state index in [0.717, 1.165) is 12.0 Å². The fraction of sp³-hybridized carbons (Fsp3) is 0.222. The summed E-state index contributed by atoms with van der Waals surface area (Å²) in [5, 5.41) is 7.63. The Hall–Kier alpha value is -2.11. The maximum atomic E-state index is 12.3. The normalized spacial score (nSPS) is 12.0. The molecule has 3 rings (SSSR count). The molecule has 0 bridgehead atoms. The minimum Gasteiger partial charge on any atom is -0.346 e. The van der Waals surface area contributed by atoms with Crippen LogP contribution in [-0.4, -0.2) is 15.9 Å². The van der Waals surface area contributed by atoms with Gasteiger partial charge in [0.25, 0.3) is 0 Å². The van der Waals surface area contributed by atoms with E-state index in [-0.39, 0.29) is 11.9 Å². The first-order valence-electron chi connectivity index (χ1n) is 7.75. The topological polar surface area (TPSA) is 57.8 Å². The molecule has 6 heteroatoms. The van der Waals surface area contributed by atoms with Crippen LogP contribution in [0.4, 0.5) is 0 Å². The highest BCUT2D eigenvalue weighted by molar-refractivity contribution is 7.07. The van der Waals surface area contributed by atoms with Crippen LogP contribution in [0.1, 0.15) is 29.4 Å². The van der Waals surface area contributed by atoms with Gasteiger partial charge in [-0.05, 0) is 40.8 Å². The third-order valence-electron chi connectivity index (χ3n) is 3.73. The number of rotatable bonds is 7. The van der Waals surface area contributed by atoms with Gasteiger partial charge in [-0.15, -0.1) is 0 Å². The van der Waals surface area contributed by atoms with Gasteiger partial charge in [-0.1, -0.05) is 41.9 Å². The molecule has 24 heavy (non-hydrogen) atoms. The number of H-pyrrole nitrogens is 1. The predicted molar refractivity (Wildman–Crippen MR) is 97.3 cm³/mol. The Kier molecular flexibility index (Phi) is 5.67. The maximum Gasteiger partial charge on any atom is 0.220 e. The molecule has 0 aliphatic rings. The fourth-order valence-electron chi connectivity index (χ4n) is 2.52. The van der Waals surface area contributed by atoms with Crippen LogP contribution >= 0.6 is 22.9 Å². The summed E-state index contributed by atoms with van der Waals surface area (Å²) in [4.78, 5) is 19.6. The summed E-state index contributed by atoms with van der Waals surface area (Å²) >= 11 is 7.59. The number of hydrogen-bond donors (Lipinski definition) is 2. The zero-order valence-corrected chi connectivity index (χ0v) is 14.6. The standard InChI is InChI=1S/C18H18ClN3OS/c19-16-11-20-18(22-16)15(10-13-4-2-1-3-5-13)21-17(23)7-6-14-8-9-24-12-14/h1-5,8-9,11-12,15H,6-7,10H2,(H,20,22)(H,21,23)/t15-/m0/s1. The van der Waals surface area contributed by atoms with Gasteiger partial charge in [-0.2, -0.15) is 11.3 Å². The first kappa shape index (κ1) is 16.7. The largest absolute Gasteiger partial charge is 0.346 e. The average Bonchev–Trinajstić information content (AvgIpc) is 3.25. The van der Waals surface area contributed by atoms with Crippen molar-refractivity contribution in [2.45, 2.75) is 25.3 Å². The van der Waals surface area contributed by atoms with Crippen LogP contribution in [0.5, 0.6) is 0 Å². The molecule has 0 aliphatic carbocycles. The van der Waals surface area contributed by atoms with Crippen molar-refractivity contribution >= 4 is 28.8 Å². The van der Waals surface area contributed by atoms with Crippen molar-refractivity contribution in [3.8, 4) is 0 Å². The Morgan fingerprint density at radius 1 is 1.25 bits per heavy atom. The average molecular weight is 360 g/mol. The van der Waals surface area contributed by atoms with E-state index in [2.05, 4.69) is 20.7 Å². The third-order valence-corrected chi connectivity index (χ3v) is 4.66. The van der Waals surface area contributed by atoms with Crippen LogP contribution in [0.15, 0.2) is 53.4 Å². The van der Waals surface area contributed by atoms with Gasteiger partial charge in [0.15, 0.2) is 0 Å². The number of nitrogens with zero attached hydrogens (tertiary/aromatic N) is 1. The number of benzene rings is 1. The molecule has 4 nitrogen and oxygen atoms in total. The summed E-state index contributed by atoms with van der Waals surface area (Å²) in [5.41, 5.74) is 2.32. The van der Waals surface area contributed by atoms with Crippen molar-refractivity contribution in [1.29, 1.82) is 0 Å². The summed E-state index contributed by atoms with van der Waals surface area (Å²) in [6.07, 6.45) is 3.42. The highest BCUT2D eigenvalue weighted by Crippen LogP contribution is 2.18. The molecule has 2 N–H and O–H groups in total. The Bertz CT molecular complexity index is 771. The molecule has 0 radical (unpaired) electrons. The van der Waals surface area contributed by atoms with Crippen LogP contribution in [0.2, 0.25) is 5.15 Å². The molecule has 3 aromatic rings. The molecular formula is C18H18ClN3OS. The summed E-state index contributed by atoms with van der Waals surface area (Å²) in [6.45, 7) is 0. The highest BCUT2D eigenvalue weighted by atomic mass is 35.5. The molecule has 0 fully saturated rings. The molecule has 0 aliphatic heterocycles. The van der Waals surface area contributed by atoms with Crippen LogP contribution in [0.3, 0.4) is 0 Å². The third kappa shape index (κ3) is 4.69. The number of aromatic nitrogens is 2. The minimum absolute atomic E-state index is 0.00894. The molecule has 1 amide bonds. The number of hydrogen-bond acceptors (Lipinski definition) is 3. The lowest BCUT2D eigenvalue weighted by atomic mass is 10.0. The van der Waals surface area contributed by atoms with Crippen molar-refractivity contribution in [3.63, 3.8) is 0 Å². The molecule has 0 saturated heterocycles. The predicted octanol–water partition coefficient (Wildman–Crippen LogP) is 4.16. The summed E-state index contributed by atoms with van der Waals surface area (Å²) in [6, 6.07) is 11.8. The van der Waals surface area contributed by atoms with Crippen molar-refractivity contribution in [3.05, 3.63) is 75.5 Å². The van der Waals surface area contributed by atoms with E-state index in [0.29, 0.717) is 23.8 Å². The van der Waals surface area contributed by atoms with Gasteiger partial charge in [-0.3, -0.25) is 4.79 Å². The van der Waals surface area contributed by atoms with Crippen LogP contribution in [-0.2, 0) is 17.6 Å². The Morgan fingerprint density at radius 3 is 2.75 bits per heavy atom. The van der Waals surface area contributed by atoms with Gasteiger partial charge in [-0.25, -0.2) is 4.98 Å². The number of imidazole rings is 1. The second kappa shape index (κ2) is 8.13. The van der Waals surface area contributed by atoms with Gasteiger partial charge >= 0.3 is 0 Å². The number of carbonyl (C=O) groups is 1. The van der Waals surface area contributed by atoms with E-state index in [1.807, 2.05) is 41.8 Å². The van der Waals surface area contributed by atoms with Gasteiger partial charge in [0, 0.05) is 6.42 Å². The Labute approximate surface area is 149 Å². The zero-order valence-electron chi connectivity index (χ0n) is 13.0. The quantitative estimate of drug-likeness (QED) is 0.665. The van der Waals surface area contributed by atoms with Crippen LogP contribution < -0.4 is 5.32 Å². The zero-order chi connectivity index (χ0) is 16.8. The number of aromatic amines is 1. The van der Waals surface area contributed by atoms with Crippen molar-refractivity contribution < 1.29 is 4.79 Å². The lowest BCUT2D eigenvalue weighted by Crippen LogP contribution is -2.30. The molecule has 1 aromatic carbocycles. The summed E-state index contributed by atoms with van der Waals surface area (Å²) < 4.78 is 0. The second-order valence-electron chi connectivity index (χ2n) is 5.56. The molecule has 1 atom stereocenters. The lowest BCUT2D eigenvalue weighted by molar-refractivity contribution is -0.121. The van der Waals surface area contributed by atoms with Gasteiger partial charge in [0.2, 0.25) is 5.91 Å². The summed E-state index contributed by atoms with van der Waals surface area (Å²) in [7, 11) is 0. The van der Waals surface area contributed by atoms with Crippen LogP contribution in [0.25, 0.3) is 0 Å². The van der Waals surface area contributed by atoms with E-state index >= 15 is 0 Å². The Morgan fingerprint density at radius 2 is 2.08 bits per heavy atom. The second-order valence-corrected chi connectivity index (χ2v) is 6.75. The number of thiophene rings is 1. The number of carbonyl (C=O) groups excluding carboxylic acids is 1. The van der Waals surface area contributed by atoms with E-state index < -0.39 is 0 Å². The van der Waals surface area contributed by atoms with Crippen molar-refractivity contribution in [2.24, 2.45) is 0 Å². The molecule has 0 spiro atoms. The maximum absolute atomic E-state index is 12.3.